The summed E-state index contributed by atoms with van der Waals surface area (Å²) in [5.41, 5.74) is 1.26. The highest BCUT2D eigenvalue weighted by Gasteiger charge is 2.31. The third kappa shape index (κ3) is 4.01. The molecule has 7 heteroatoms. The van der Waals surface area contributed by atoms with Gasteiger partial charge in [-0.05, 0) is 46.7 Å². The normalized spacial score (nSPS) is 17.7. The molecule has 0 N–H and O–H groups in total. The third-order valence-electron chi connectivity index (χ3n) is 3.39. The van der Waals surface area contributed by atoms with Crippen LogP contribution in [0.1, 0.15) is 23.7 Å². The number of thioether (sulfide) groups is 1. The van der Waals surface area contributed by atoms with Gasteiger partial charge in [-0.15, -0.1) is 0 Å². The molecule has 1 heterocycles. The number of halogens is 1. The molecule has 1 atom stereocenters. The van der Waals surface area contributed by atoms with Gasteiger partial charge in [0.2, 0.25) is 5.91 Å². The van der Waals surface area contributed by atoms with E-state index in [1.807, 2.05) is 0 Å². The Kier molecular flexibility index (Phi) is 5.85. The Labute approximate surface area is 146 Å². The molecule has 1 saturated heterocycles. The largest absolute Gasteiger partial charge is 0.465 e. The van der Waals surface area contributed by atoms with Crippen LogP contribution in [0.25, 0.3) is 0 Å². The van der Waals surface area contributed by atoms with Crippen LogP contribution in [0.15, 0.2) is 18.2 Å². The summed E-state index contributed by atoms with van der Waals surface area (Å²) in [5, 5.41) is 0.0721. The summed E-state index contributed by atoms with van der Waals surface area (Å²) >= 11 is 3.37. The van der Waals surface area contributed by atoms with E-state index in [9.17, 15) is 14.4 Å². The van der Waals surface area contributed by atoms with Crippen LogP contribution in [0.3, 0.4) is 0 Å². The average molecular weight is 433 g/mol. The Hall–Kier alpha value is -1.09. The zero-order chi connectivity index (χ0) is 16.3. The van der Waals surface area contributed by atoms with Gasteiger partial charge >= 0.3 is 5.97 Å². The van der Waals surface area contributed by atoms with Gasteiger partial charge in [-0.1, -0.05) is 11.8 Å². The van der Waals surface area contributed by atoms with Crippen molar-refractivity contribution in [2.24, 2.45) is 5.92 Å². The Bertz CT molecular complexity index is 620. The van der Waals surface area contributed by atoms with Crippen molar-refractivity contribution in [3.63, 3.8) is 0 Å². The highest BCUT2D eigenvalue weighted by molar-refractivity contribution is 14.1. The molecule has 1 aliphatic rings. The van der Waals surface area contributed by atoms with E-state index in [0.717, 1.165) is 9.26 Å². The van der Waals surface area contributed by atoms with Crippen molar-refractivity contribution < 1.29 is 19.1 Å². The van der Waals surface area contributed by atoms with Crippen LogP contribution in [0.5, 0.6) is 0 Å². The summed E-state index contributed by atoms with van der Waals surface area (Å²) < 4.78 is 5.52. The van der Waals surface area contributed by atoms with Crippen molar-refractivity contribution in [2.45, 2.75) is 13.3 Å². The van der Waals surface area contributed by atoms with Crippen LogP contribution < -0.4 is 4.90 Å². The molecule has 1 unspecified atom stereocenters. The van der Waals surface area contributed by atoms with E-state index in [0.29, 0.717) is 24.3 Å². The number of carbonyl (C=O) groups is 3. The first-order valence-electron chi connectivity index (χ1n) is 6.74. The fraction of sp³-hybridized carbons (Fsp3) is 0.400. The van der Waals surface area contributed by atoms with E-state index in [2.05, 4.69) is 22.6 Å². The number of hydrogen-bond donors (Lipinski definition) is 0. The Morgan fingerprint density at radius 2 is 2.18 bits per heavy atom. The molecule has 5 nitrogen and oxygen atoms in total. The molecule has 0 aliphatic carbocycles. The topological polar surface area (TPSA) is 63.7 Å². The minimum atomic E-state index is -0.395. The highest BCUT2D eigenvalue weighted by atomic mass is 127. The molecular formula is C15H16INO4S. The monoisotopic (exact) mass is 433 g/mol. The first kappa shape index (κ1) is 17.3. The minimum absolute atomic E-state index is 0.0536. The molecular weight excluding hydrogens is 417 g/mol. The zero-order valence-electron chi connectivity index (χ0n) is 12.3. The zero-order valence-corrected chi connectivity index (χ0v) is 15.3. The van der Waals surface area contributed by atoms with Crippen molar-refractivity contribution in [3.05, 3.63) is 27.3 Å². The second-order valence-corrected chi connectivity index (χ2v) is 7.39. The number of rotatable bonds is 4. The number of hydrogen-bond acceptors (Lipinski definition) is 5. The molecule has 1 fully saturated rings. The Balaban J connectivity index is 2.13. The van der Waals surface area contributed by atoms with E-state index in [1.165, 1.54) is 25.8 Å². The molecule has 0 spiro atoms. The summed E-state index contributed by atoms with van der Waals surface area (Å²) in [4.78, 5) is 36.5. The van der Waals surface area contributed by atoms with Crippen molar-refractivity contribution in [1.29, 1.82) is 0 Å². The van der Waals surface area contributed by atoms with Crippen LogP contribution in [-0.4, -0.2) is 36.4 Å². The fourth-order valence-electron chi connectivity index (χ4n) is 2.33. The third-order valence-corrected chi connectivity index (χ3v) is 5.30. The second kappa shape index (κ2) is 7.45. The van der Waals surface area contributed by atoms with Crippen LogP contribution in [0, 0.1) is 9.49 Å². The van der Waals surface area contributed by atoms with Gasteiger partial charge in [-0.3, -0.25) is 9.59 Å². The molecule has 0 bridgehead atoms. The Morgan fingerprint density at radius 1 is 1.45 bits per heavy atom. The van der Waals surface area contributed by atoms with Gasteiger partial charge in [0.15, 0.2) is 5.12 Å². The standard InChI is InChI=1S/C15H16INO4S/c1-9(18)22-8-10-5-14(19)17(7-10)13-4-3-11(6-12(13)16)15(20)21-2/h3-4,6,10H,5,7-8H2,1-2H3. The lowest BCUT2D eigenvalue weighted by Gasteiger charge is -2.19. The number of benzene rings is 1. The summed E-state index contributed by atoms with van der Waals surface area (Å²) in [6.07, 6.45) is 0.453. The molecule has 118 valence electrons. The SMILES string of the molecule is COC(=O)c1ccc(N2CC(CSC(C)=O)CC2=O)c(I)c1. The lowest BCUT2D eigenvalue weighted by molar-refractivity contribution is -0.117. The van der Waals surface area contributed by atoms with Crippen LogP contribution in [-0.2, 0) is 14.3 Å². The summed E-state index contributed by atoms with van der Waals surface area (Å²) in [7, 11) is 1.34. The maximum atomic E-state index is 12.2. The maximum absolute atomic E-state index is 12.2. The molecule has 22 heavy (non-hydrogen) atoms. The molecule has 0 saturated carbocycles. The predicted molar refractivity (Wildman–Crippen MR) is 94.1 cm³/mol. The second-order valence-electron chi connectivity index (χ2n) is 5.03. The lowest BCUT2D eigenvalue weighted by Crippen LogP contribution is -2.25. The molecule has 1 aromatic carbocycles. The number of methoxy groups -OCH3 is 1. The van der Waals surface area contributed by atoms with E-state index in [1.54, 1.807) is 23.1 Å². The van der Waals surface area contributed by atoms with E-state index >= 15 is 0 Å². The number of amides is 1. The fourth-order valence-corrected chi connectivity index (χ4v) is 3.83. The molecule has 0 aromatic heterocycles. The average Bonchev–Trinajstić information content (AvgIpc) is 2.85. The predicted octanol–water partition coefficient (Wildman–Crippen LogP) is 2.71. The quantitative estimate of drug-likeness (QED) is 0.540. The van der Waals surface area contributed by atoms with E-state index in [-0.39, 0.29) is 16.9 Å². The molecule has 2 rings (SSSR count). The van der Waals surface area contributed by atoms with Gasteiger partial charge in [0.1, 0.15) is 0 Å². The first-order valence-corrected chi connectivity index (χ1v) is 8.80. The van der Waals surface area contributed by atoms with Crippen LogP contribution in [0.4, 0.5) is 5.69 Å². The van der Waals surface area contributed by atoms with Crippen LogP contribution in [0.2, 0.25) is 0 Å². The minimum Gasteiger partial charge on any atom is -0.465 e. The maximum Gasteiger partial charge on any atom is 0.337 e. The van der Waals surface area contributed by atoms with Gasteiger partial charge < -0.3 is 9.64 Å². The van der Waals surface area contributed by atoms with Gasteiger partial charge in [0, 0.05) is 29.2 Å². The number of anilines is 1. The number of carbonyl (C=O) groups excluding carboxylic acids is 3. The molecule has 1 amide bonds. The van der Waals surface area contributed by atoms with Gasteiger partial charge in [-0.25, -0.2) is 4.79 Å². The van der Waals surface area contributed by atoms with Crippen molar-refractivity contribution in [3.8, 4) is 0 Å². The smallest absolute Gasteiger partial charge is 0.337 e. The van der Waals surface area contributed by atoms with Crippen molar-refractivity contribution in [2.75, 3.05) is 24.3 Å². The summed E-state index contributed by atoms with van der Waals surface area (Å²) in [5.74, 6) is 0.498. The molecule has 0 radical (unpaired) electrons. The Morgan fingerprint density at radius 3 is 2.77 bits per heavy atom. The lowest BCUT2D eigenvalue weighted by atomic mass is 10.1. The number of nitrogens with zero attached hydrogens (tertiary/aromatic N) is 1. The van der Waals surface area contributed by atoms with Crippen LogP contribution >= 0.6 is 34.4 Å². The number of esters is 1. The van der Waals surface area contributed by atoms with Gasteiger partial charge in [-0.2, -0.15) is 0 Å². The van der Waals surface area contributed by atoms with Crippen molar-refractivity contribution in [1.82, 2.24) is 0 Å². The van der Waals surface area contributed by atoms with E-state index in [4.69, 9.17) is 4.74 Å². The van der Waals surface area contributed by atoms with E-state index < -0.39 is 5.97 Å². The van der Waals surface area contributed by atoms with Crippen molar-refractivity contribution >= 4 is 57.0 Å². The molecule has 1 aliphatic heterocycles. The van der Waals surface area contributed by atoms with Gasteiger partial charge in [0.25, 0.3) is 0 Å². The highest BCUT2D eigenvalue weighted by Crippen LogP contribution is 2.31. The summed E-state index contributed by atoms with van der Waals surface area (Å²) in [6.45, 7) is 2.14. The molecule has 1 aromatic rings. The van der Waals surface area contributed by atoms with Gasteiger partial charge in [0.05, 0.1) is 18.4 Å². The summed E-state index contributed by atoms with van der Waals surface area (Å²) in [6, 6.07) is 5.15. The number of ether oxygens (including phenoxy) is 1. The first-order chi connectivity index (χ1) is 10.4.